The van der Waals surface area contributed by atoms with Gasteiger partial charge in [-0.1, -0.05) is 29.8 Å². The van der Waals surface area contributed by atoms with Crippen LogP contribution >= 0.6 is 0 Å². The second-order valence-electron chi connectivity index (χ2n) is 11.7. The fourth-order valence-corrected chi connectivity index (χ4v) is 8.48. The molecule has 5 rings (SSSR count). The number of likely N-dealkylation sites (N-methyl/N-ethyl adjacent to an activating group) is 1. The summed E-state index contributed by atoms with van der Waals surface area (Å²) >= 11 is 0. The first-order valence-electron chi connectivity index (χ1n) is 14.2. The lowest BCUT2D eigenvalue weighted by atomic mass is 9.65. The summed E-state index contributed by atoms with van der Waals surface area (Å²) in [7, 11) is -0.936. The number of hydrogen-bond acceptors (Lipinski definition) is 8. The lowest BCUT2D eigenvalue weighted by molar-refractivity contribution is -0.195. The van der Waals surface area contributed by atoms with Crippen molar-refractivity contribution in [1.29, 1.82) is 0 Å². The molecule has 6 atom stereocenters. The molecule has 11 heteroatoms. The number of carbonyl (C=O) groups excluding carboxylic acids is 3. The molecule has 3 aliphatic rings. The Hall–Kier alpha value is -3.44. The van der Waals surface area contributed by atoms with Gasteiger partial charge in [0.2, 0.25) is 15.9 Å². The zero-order valence-electron chi connectivity index (χ0n) is 24.6. The van der Waals surface area contributed by atoms with E-state index in [0.717, 1.165) is 11.1 Å². The Balaban J connectivity index is 1.56. The van der Waals surface area contributed by atoms with Gasteiger partial charge in [0.15, 0.2) is 0 Å². The number of amides is 1. The molecule has 1 aliphatic carbocycles. The van der Waals surface area contributed by atoms with E-state index in [1.165, 1.54) is 25.2 Å². The smallest absolute Gasteiger partial charge is 0.302 e. The van der Waals surface area contributed by atoms with Gasteiger partial charge in [0.1, 0.15) is 24.0 Å². The van der Waals surface area contributed by atoms with Crippen molar-refractivity contribution < 1.29 is 37.0 Å². The van der Waals surface area contributed by atoms with E-state index in [2.05, 4.69) is 0 Å². The summed E-state index contributed by atoms with van der Waals surface area (Å²) in [6.45, 7) is 4.56. The number of benzene rings is 2. The first-order valence-corrected chi connectivity index (χ1v) is 15.7. The van der Waals surface area contributed by atoms with Gasteiger partial charge < -0.3 is 19.1 Å². The number of carbonyl (C=O) groups is 3. The van der Waals surface area contributed by atoms with Gasteiger partial charge in [0.25, 0.3) is 0 Å². The highest BCUT2D eigenvalue weighted by molar-refractivity contribution is 7.89. The fraction of sp³-hybridized carbons (Fsp3) is 0.516. The second-order valence-corrected chi connectivity index (χ2v) is 13.7. The molecular weight excluding hydrogens is 560 g/mol. The zero-order chi connectivity index (χ0) is 30.4. The summed E-state index contributed by atoms with van der Waals surface area (Å²) in [6, 6.07) is 12.5. The molecule has 10 nitrogen and oxygen atoms in total. The molecule has 1 saturated carbocycles. The molecule has 0 N–H and O–H groups in total. The van der Waals surface area contributed by atoms with E-state index in [0.29, 0.717) is 37.9 Å². The molecular formula is C31H38N2O8S. The average molecular weight is 599 g/mol. The Labute approximate surface area is 247 Å². The molecule has 1 amide bonds. The van der Waals surface area contributed by atoms with E-state index in [9.17, 15) is 22.8 Å². The van der Waals surface area contributed by atoms with Crippen LogP contribution in [0.4, 0.5) is 0 Å². The molecule has 1 spiro atoms. The lowest BCUT2D eigenvalue weighted by Gasteiger charge is -2.57. The highest BCUT2D eigenvalue weighted by atomic mass is 32.2. The number of nitrogens with zero attached hydrogens (tertiary/aromatic N) is 2. The highest BCUT2D eigenvalue weighted by Crippen LogP contribution is 2.54. The highest BCUT2D eigenvalue weighted by Gasteiger charge is 2.65. The monoisotopic (exact) mass is 598 g/mol. The Morgan fingerprint density at radius 2 is 1.64 bits per heavy atom. The van der Waals surface area contributed by atoms with Gasteiger partial charge in [-0.2, -0.15) is 4.31 Å². The molecule has 2 aromatic rings. The molecule has 42 heavy (non-hydrogen) atoms. The van der Waals surface area contributed by atoms with Crippen LogP contribution in [0.1, 0.15) is 50.7 Å². The third-order valence-corrected chi connectivity index (χ3v) is 11.0. The number of hydrogen-bond donors (Lipinski definition) is 0. The summed E-state index contributed by atoms with van der Waals surface area (Å²) in [4.78, 5) is 40.7. The number of aryl methyl sites for hydroxylation is 1. The Morgan fingerprint density at radius 3 is 2.24 bits per heavy atom. The Bertz CT molecular complexity index is 1460. The molecule has 0 unspecified atom stereocenters. The summed E-state index contributed by atoms with van der Waals surface area (Å²) in [5.41, 5.74) is 1.15. The lowest BCUT2D eigenvalue weighted by Crippen LogP contribution is -2.68. The maximum atomic E-state index is 14.4. The van der Waals surface area contributed by atoms with Crippen LogP contribution in [0.25, 0.3) is 0 Å². The molecule has 2 bridgehead atoms. The standard InChI is InChI=1S/C31H38N2O8S/c1-19-6-12-24(13-7-19)42(37,38)32(4)27-18-31-15-14-28(40-20(2)34)25(17-31)29(41-21(3)35)26(33(31)30(27)36)16-22-8-10-23(39-5)11-9-22/h6-13,25-29H,14-18H2,1-5H3/t25-,26-,27-,28-,29-,31-/m0/s1. The van der Waals surface area contributed by atoms with E-state index in [1.54, 1.807) is 36.3 Å². The van der Waals surface area contributed by atoms with E-state index in [-0.39, 0.29) is 16.7 Å². The first kappa shape index (κ1) is 30.0. The molecule has 0 radical (unpaired) electrons. The molecule has 0 aromatic heterocycles. The number of sulfonamides is 1. The van der Waals surface area contributed by atoms with Gasteiger partial charge in [-0.05, 0) is 68.9 Å². The van der Waals surface area contributed by atoms with Crippen LogP contribution < -0.4 is 4.74 Å². The first-order chi connectivity index (χ1) is 19.9. The van der Waals surface area contributed by atoms with Gasteiger partial charge in [0, 0.05) is 32.4 Å². The number of ether oxygens (including phenoxy) is 3. The minimum absolute atomic E-state index is 0.120. The molecule has 2 aliphatic heterocycles. The molecule has 226 valence electrons. The van der Waals surface area contributed by atoms with Crippen LogP contribution in [-0.2, 0) is 40.3 Å². The van der Waals surface area contributed by atoms with Gasteiger partial charge in [0.05, 0.1) is 18.0 Å². The van der Waals surface area contributed by atoms with Gasteiger partial charge in [-0.25, -0.2) is 8.42 Å². The number of rotatable bonds is 8. The van der Waals surface area contributed by atoms with Crippen LogP contribution in [-0.4, -0.2) is 79.5 Å². The number of methoxy groups -OCH3 is 1. The van der Waals surface area contributed by atoms with Crippen LogP contribution in [0.15, 0.2) is 53.4 Å². The number of fused-ring (bicyclic) bond motifs is 1. The fourth-order valence-electron chi connectivity index (χ4n) is 7.17. The van der Waals surface area contributed by atoms with Crippen molar-refractivity contribution in [3.63, 3.8) is 0 Å². The quantitative estimate of drug-likeness (QED) is 0.425. The molecule has 2 heterocycles. The Morgan fingerprint density at radius 1 is 1.00 bits per heavy atom. The second kappa shape index (κ2) is 11.3. The summed E-state index contributed by atoms with van der Waals surface area (Å²) in [5.74, 6) is -0.898. The average Bonchev–Trinajstić information content (AvgIpc) is 3.23. The van der Waals surface area contributed by atoms with Gasteiger partial charge in [-0.3, -0.25) is 14.4 Å². The van der Waals surface area contributed by atoms with Gasteiger partial charge >= 0.3 is 11.9 Å². The van der Waals surface area contributed by atoms with Crippen molar-refractivity contribution >= 4 is 27.9 Å². The summed E-state index contributed by atoms with van der Waals surface area (Å²) in [5, 5.41) is 0. The van der Waals surface area contributed by atoms with Crippen molar-refractivity contribution in [3.8, 4) is 5.75 Å². The largest absolute Gasteiger partial charge is 0.497 e. The van der Waals surface area contributed by atoms with Crippen molar-refractivity contribution in [3.05, 3.63) is 59.7 Å². The maximum Gasteiger partial charge on any atom is 0.302 e. The van der Waals surface area contributed by atoms with Crippen LogP contribution in [0.3, 0.4) is 0 Å². The topological polar surface area (TPSA) is 120 Å². The van der Waals surface area contributed by atoms with Crippen LogP contribution in [0.2, 0.25) is 0 Å². The normalized spacial score (nSPS) is 28.8. The minimum atomic E-state index is -3.97. The van der Waals surface area contributed by atoms with E-state index < -0.39 is 51.8 Å². The van der Waals surface area contributed by atoms with Gasteiger partial charge in [-0.15, -0.1) is 0 Å². The van der Waals surface area contributed by atoms with Crippen molar-refractivity contribution in [2.24, 2.45) is 5.92 Å². The van der Waals surface area contributed by atoms with Crippen LogP contribution in [0, 0.1) is 12.8 Å². The number of esters is 2. The predicted molar refractivity (Wildman–Crippen MR) is 153 cm³/mol. The number of piperidine rings is 1. The van der Waals surface area contributed by atoms with Crippen molar-refractivity contribution in [2.45, 2.75) is 87.6 Å². The summed E-state index contributed by atoms with van der Waals surface area (Å²) in [6.07, 6.45) is 0.867. The Kier molecular flexibility index (Phi) is 8.10. The van der Waals surface area contributed by atoms with E-state index in [4.69, 9.17) is 14.2 Å². The van der Waals surface area contributed by atoms with Crippen molar-refractivity contribution in [1.82, 2.24) is 9.21 Å². The summed E-state index contributed by atoms with van der Waals surface area (Å²) < 4.78 is 45.5. The van der Waals surface area contributed by atoms with Crippen molar-refractivity contribution in [2.75, 3.05) is 14.2 Å². The minimum Gasteiger partial charge on any atom is -0.497 e. The molecule has 3 fully saturated rings. The third-order valence-electron chi connectivity index (χ3n) is 9.09. The SMILES string of the molecule is COc1ccc(C[C@H]2[C@@H](OC(C)=O)[C@H]3C[C@@]4(CC[C@@H]3OC(C)=O)C[C@H](N(C)S(=O)(=O)c3ccc(C)cc3)C(=O)N24)cc1. The molecule has 2 saturated heterocycles. The predicted octanol–water partition coefficient (Wildman–Crippen LogP) is 3.25. The third kappa shape index (κ3) is 5.40. The van der Waals surface area contributed by atoms with E-state index in [1.807, 2.05) is 31.2 Å². The maximum absolute atomic E-state index is 14.4. The van der Waals surface area contributed by atoms with E-state index >= 15 is 0 Å². The van der Waals surface area contributed by atoms with Crippen LogP contribution in [0.5, 0.6) is 5.75 Å². The zero-order valence-corrected chi connectivity index (χ0v) is 25.4. The molecule has 2 aromatic carbocycles.